The number of ether oxygens (including phenoxy) is 2. The quantitative estimate of drug-likeness (QED) is 0.851. The number of hydrogen-bond donors (Lipinski definition) is 1. The smallest absolute Gasteiger partial charge is 0.189 e. The van der Waals surface area contributed by atoms with Crippen molar-refractivity contribution in [1.29, 1.82) is 0 Å². The second-order valence-corrected chi connectivity index (χ2v) is 5.28. The van der Waals surface area contributed by atoms with Crippen LogP contribution in [0.4, 0.5) is 5.69 Å². The van der Waals surface area contributed by atoms with Gasteiger partial charge in [-0.2, -0.15) is 0 Å². The number of fused-ring (bicyclic) bond motifs is 1. The van der Waals surface area contributed by atoms with E-state index < -0.39 is 0 Å². The van der Waals surface area contributed by atoms with Crippen molar-refractivity contribution in [2.24, 2.45) is 4.99 Å². The van der Waals surface area contributed by atoms with Crippen LogP contribution in [-0.2, 0) is 11.3 Å². The number of rotatable bonds is 2. The molecule has 1 aliphatic heterocycles. The minimum atomic E-state index is 0.194. The fourth-order valence-electron chi connectivity index (χ4n) is 1.91. The summed E-state index contributed by atoms with van der Waals surface area (Å²) in [6.07, 6.45) is 1.63. The Hall–Kier alpha value is -1.85. The molecular formula is C15H12BrNO3. The van der Waals surface area contributed by atoms with Crippen LogP contribution < -0.4 is 4.74 Å². The Balaban J connectivity index is 1.87. The summed E-state index contributed by atoms with van der Waals surface area (Å²) < 4.78 is 11.5. The topological polar surface area (TPSA) is 51.1 Å². The van der Waals surface area contributed by atoms with Crippen molar-refractivity contribution in [3.8, 4) is 11.5 Å². The largest absolute Gasteiger partial charge is 0.507 e. The molecule has 20 heavy (non-hydrogen) atoms. The van der Waals surface area contributed by atoms with Gasteiger partial charge in [-0.25, -0.2) is 0 Å². The molecule has 4 nitrogen and oxygen atoms in total. The van der Waals surface area contributed by atoms with Gasteiger partial charge in [-0.15, -0.1) is 0 Å². The Morgan fingerprint density at radius 2 is 2.10 bits per heavy atom. The maximum atomic E-state index is 9.75. The molecule has 0 amide bonds. The van der Waals surface area contributed by atoms with Gasteiger partial charge in [-0.05, 0) is 24.3 Å². The molecule has 1 aliphatic rings. The van der Waals surface area contributed by atoms with E-state index in [4.69, 9.17) is 9.47 Å². The highest BCUT2D eigenvalue weighted by Crippen LogP contribution is 2.28. The second-order valence-electron chi connectivity index (χ2n) is 4.36. The molecule has 2 aromatic carbocycles. The van der Waals surface area contributed by atoms with E-state index >= 15 is 0 Å². The van der Waals surface area contributed by atoms with Crippen LogP contribution in [0, 0.1) is 0 Å². The molecular weight excluding hydrogens is 322 g/mol. The normalized spacial score (nSPS) is 14.1. The van der Waals surface area contributed by atoms with Crippen LogP contribution in [0.2, 0.25) is 0 Å². The first kappa shape index (κ1) is 13.1. The van der Waals surface area contributed by atoms with E-state index in [-0.39, 0.29) is 12.5 Å². The minimum absolute atomic E-state index is 0.194. The number of halogens is 1. The lowest BCUT2D eigenvalue weighted by Gasteiger charge is -2.17. The van der Waals surface area contributed by atoms with Gasteiger partial charge >= 0.3 is 0 Å². The second kappa shape index (κ2) is 5.64. The van der Waals surface area contributed by atoms with Gasteiger partial charge in [-0.3, -0.25) is 4.99 Å². The van der Waals surface area contributed by atoms with E-state index in [1.807, 2.05) is 24.3 Å². The molecule has 0 aromatic heterocycles. The summed E-state index contributed by atoms with van der Waals surface area (Å²) in [7, 11) is 0. The lowest BCUT2D eigenvalue weighted by Crippen LogP contribution is -2.10. The molecule has 0 unspecified atom stereocenters. The fourth-order valence-corrected chi connectivity index (χ4v) is 2.29. The Morgan fingerprint density at radius 1 is 1.20 bits per heavy atom. The molecule has 5 heteroatoms. The van der Waals surface area contributed by atoms with Gasteiger partial charge in [0.05, 0.1) is 12.3 Å². The number of hydrogen-bond acceptors (Lipinski definition) is 4. The number of nitrogens with zero attached hydrogens (tertiary/aromatic N) is 1. The highest BCUT2D eigenvalue weighted by atomic mass is 79.9. The molecule has 1 heterocycles. The van der Waals surface area contributed by atoms with Gasteiger partial charge in [0, 0.05) is 27.9 Å². The predicted octanol–water partition coefficient (Wildman–Crippen LogP) is 3.77. The molecule has 0 fully saturated rings. The Morgan fingerprint density at radius 3 is 3.00 bits per heavy atom. The van der Waals surface area contributed by atoms with Gasteiger partial charge in [0.2, 0.25) is 0 Å². The third-order valence-electron chi connectivity index (χ3n) is 2.95. The van der Waals surface area contributed by atoms with Crippen molar-refractivity contribution in [3.63, 3.8) is 0 Å². The molecule has 0 saturated carbocycles. The number of phenolic OH excluding ortho intramolecular Hbond substituents is 1. The first-order valence-electron chi connectivity index (χ1n) is 6.08. The molecule has 0 bridgehead atoms. The van der Waals surface area contributed by atoms with E-state index in [0.29, 0.717) is 12.2 Å². The van der Waals surface area contributed by atoms with Crippen LogP contribution in [0.15, 0.2) is 45.9 Å². The molecule has 1 N–H and O–H groups in total. The molecule has 0 radical (unpaired) electrons. The van der Waals surface area contributed by atoms with Gasteiger partial charge in [-0.1, -0.05) is 22.0 Å². The van der Waals surface area contributed by atoms with Gasteiger partial charge < -0.3 is 14.6 Å². The van der Waals surface area contributed by atoms with E-state index in [2.05, 4.69) is 20.9 Å². The summed E-state index contributed by atoms with van der Waals surface area (Å²) >= 11 is 3.37. The summed E-state index contributed by atoms with van der Waals surface area (Å²) in [6.45, 7) is 0.832. The number of aliphatic imine (C=N–C) groups is 1. The van der Waals surface area contributed by atoms with Gasteiger partial charge in [0.15, 0.2) is 6.79 Å². The molecule has 0 saturated heterocycles. The minimum Gasteiger partial charge on any atom is -0.507 e. The average Bonchev–Trinajstić information content (AvgIpc) is 2.48. The summed E-state index contributed by atoms with van der Waals surface area (Å²) in [5.74, 6) is 0.990. The lowest BCUT2D eigenvalue weighted by atomic mass is 10.2. The molecule has 0 aliphatic carbocycles. The fraction of sp³-hybridized carbons (Fsp3) is 0.133. The molecule has 2 aromatic rings. The van der Waals surface area contributed by atoms with Crippen LogP contribution in [0.5, 0.6) is 11.5 Å². The average molecular weight is 334 g/mol. The predicted molar refractivity (Wildman–Crippen MR) is 79.8 cm³/mol. The van der Waals surface area contributed by atoms with Crippen LogP contribution in [0.25, 0.3) is 0 Å². The van der Waals surface area contributed by atoms with Crippen molar-refractivity contribution in [2.45, 2.75) is 6.61 Å². The van der Waals surface area contributed by atoms with Crippen molar-refractivity contribution >= 4 is 27.8 Å². The van der Waals surface area contributed by atoms with Crippen LogP contribution >= 0.6 is 15.9 Å². The summed E-state index contributed by atoms with van der Waals surface area (Å²) in [4.78, 5) is 4.36. The zero-order chi connectivity index (χ0) is 13.9. The van der Waals surface area contributed by atoms with Crippen molar-refractivity contribution in [3.05, 3.63) is 52.0 Å². The maximum absolute atomic E-state index is 9.75. The third kappa shape index (κ3) is 2.84. The van der Waals surface area contributed by atoms with E-state index in [1.165, 1.54) is 0 Å². The zero-order valence-corrected chi connectivity index (χ0v) is 12.1. The Kier molecular flexibility index (Phi) is 3.71. The SMILES string of the molecule is Oc1ccc(Br)cc1/C=N/c1ccc2c(c1)OCOC2. The van der Waals surface area contributed by atoms with Gasteiger partial charge in [0.1, 0.15) is 11.5 Å². The lowest BCUT2D eigenvalue weighted by molar-refractivity contribution is -0.0163. The number of benzene rings is 2. The maximum Gasteiger partial charge on any atom is 0.189 e. The highest BCUT2D eigenvalue weighted by Gasteiger charge is 2.10. The summed E-state index contributed by atoms with van der Waals surface area (Å²) in [6, 6.07) is 10.9. The van der Waals surface area contributed by atoms with Crippen molar-refractivity contribution in [1.82, 2.24) is 0 Å². The number of phenols is 1. The van der Waals surface area contributed by atoms with Gasteiger partial charge in [0.25, 0.3) is 0 Å². The Bertz CT molecular complexity index is 670. The van der Waals surface area contributed by atoms with Crippen molar-refractivity contribution in [2.75, 3.05) is 6.79 Å². The molecule has 102 valence electrons. The molecule has 0 atom stereocenters. The van der Waals surface area contributed by atoms with Crippen LogP contribution in [-0.4, -0.2) is 18.1 Å². The van der Waals surface area contributed by atoms with Crippen molar-refractivity contribution < 1.29 is 14.6 Å². The van der Waals surface area contributed by atoms with E-state index in [9.17, 15) is 5.11 Å². The van der Waals surface area contributed by atoms with E-state index in [1.54, 1.807) is 18.3 Å². The summed E-state index contributed by atoms with van der Waals surface area (Å²) in [5, 5.41) is 9.75. The monoisotopic (exact) mass is 333 g/mol. The van der Waals surface area contributed by atoms with Crippen LogP contribution in [0.3, 0.4) is 0 Å². The number of aromatic hydroxyl groups is 1. The molecule has 0 spiro atoms. The molecule has 3 rings (SSSR count). The summed E-state index contributed by atoms with van der Waals surface area (Å²) in [5.41, 5.74) is 2.44. The van der Waals surface area contributed by atoms with Crippen LogP contribution in [0.1, 0.15) is 11.1 Å². The third-order valence-corrected chi connectivity index (χ3v) is 3.44. The zero-order valence-electron chi connectivity index (χ0n) is 10.5. The highest BCUT2D eigenvalue weighted by molar-refractivity contribution is 9.10. The van der Waals surface area contributed by atoms with E-state index in [0.717, 1.165) is 21.5 Å². The Labute approximate surface area is 124 Å². The first-order chi connectivity index (χ1) is 9.72. The standard InChI is InChI=1S/C15H12BrNO3/c16-12-2-4-14(18)11(5-12)7-17-13-3-1-10-8-19-9-20-15(10)6-13/h1-7,18H,8-9H2/b17-7+. The first-order valence-corrected chi connectivity index (χ1v) is 6.88.